The molecule has 0 radical (unpaired) electrons. The Balaban J connectivity index is 2.21. The molecule has 1 unspecified atom stereocenters. The Kier molecular flexibility index (Phi) is 5.40. The number of ether oxygens (including phenoxy) is 1. The summed E-state index contributed by atoms with van der Waals surface area (Å²) in [6.45, 7) is 6.49. The van der Waals surface area contributed by atoms with Crippen molar-refractivity contribution in [1.29, 1.82) is 0 Å². The summed E-state index contributed by atoms with van der Waals surface area (Å²) in [5, 5.41) is 0. The van der Waals surface area contributed by atoms with E-state index in [9.17, 15) is 0 Å². The Morgan fingerprint density at radius 3 is 2.52 bits per heavy atom. The van der Waals surface area contributed by atoms with Gasteiger partial charge in [-0.3, -0.25) is 0 Å². The third kappa shape index (κ3) is 4.33. The first-order chi connectivity index (χ1) is 10.1. The largest absolute Gasteiger partial charge is 0.457 e. The van der Waals surface area contributed by atoms with Crippen LogP contribution in [0.2, 0.25) is 0 Å². The molecule has 2 aromatic carbocycles. The van der Waals surface area contributed by atoms with E-state index in [2.05, 4.69) is 39.0 Å². The molecule has 0 amide bonds. The first-order valence-corrected chi connectivity index (χ1v) is 7.71. The number of nitrogens with two attached hydrogens (primary N) is 1. The fourth-order valence-electron chi connectivity index (χ4n) is 2.26. The highest BCUT2D eigenvalue weighted by Crippen LogP contribution is 2.28. The molecule has 2 N–H and O–H groups in total. The van der Waals surface area contributed by atoms with Crippen LogP contribution in [0.1, 0.15) is 44.2 Å². The fraction of sp³-hybridized carbons (Fsp3) is 0.368. The van der Waals surface area contributed by atoms with Gasteiger partial charge in [0.25, 0.3) is 0 Å². The molecule has 0 aliphatic rings. The Labute approximate surface area is 127 Å². The van der Waals surface area contributed by atoms with E-state index in [4.69, 9.17) is 10.5 Å². The lowest BCUT2D eigenvalue weighted by Gasteiger charge is -2.15. The van der Waals surface area contributed by atoms with Crippen molar-refractivity contribution in [1.82, 2.24) is 0 Å². The van der Waals surface area contributed by atoms with Gasteiger partial charge in [0.15, 0.2) is 0 Å². The molecule has 0 aliphatic heterocycles. The summed E-state index contributed by atoms with van der Waals surface area (Å²) >= 11 is 0. The van der Waals surface area contributed by atoms with E-state index in [0.717, 1.165) is 24.3 Å². The Hall–Kier alpha value is -1.80. The van der Waals surface area contributed by atoms with E-state index in [-0.39, 0.29) is 6.04 Å². The Morgan fingerprint density at radius 2 is 1.81 bits per heavy atom. The van der Waals surface area contributed by atoms with Crippen LogP contribution in [0.15, 0.2) is 48.5 Å². The van der Waals surface area contributed by atoms with Gasteiger partial charge in [-0.15, -0.1) is 0 Å². The Bertz CT molecular complexity index is 577. The van der Waals surface area contributed by atoms with E-state index >= 15 is 0 Å². The molecule has 0 aliphatic carbocycles. The van der Waals surface area contributed by atoms with E-state index in [1.165, 1.54) is 11.1 Å². The molecule has 2 nitrogen and oxygen atoms in total. The van der Waals surface area contributed by atoms with E-state index < -0.39 is 0 Å². The SMILES string of the molecule is CCC(N)Cc1ccccc1Oc1cccc(C(C)C)c1. The molecule has 0 aromatic heterocycles. The van der Waals surface area contributed by atoms with Crippen LogP contribution in [0.25, 0.3) is 0 Å². The number of hydrogen-bond donors (Lipinski definition) is 1. The highest BCUT2D eigenvalue weighted by atomic mass is 16.5. The molecule has 2 aromatic rings. The maximum Gasteiger partial charge on any atom is 0.130 e. The van der Waals surface area contributed by atoms with Crippen LogP contribution in [0.4, 0.5) is 0 Å². The highest BCUT2D eigenvalue weighted by molar-refractivity contribution is 5.39. The van der Waals surface area contributed by atoms with Gasteiger partial charge in [0.05, 0.1) is 0 Å². The molecular weight excluding hydrogens is 258 g/mol. The van der Waals surface area contributed by atoms with Crippen molar-refractivity contribution in [2.45, 2.75) is 45.6 Å². The van der Waals surface area contributed by atoms with Gasteiger partial charge in [-0.1, -0.05) is 51.1 Å². The van der Waals surface area contributed by atoms with Crippen molar-refractivity contribution in [3.05, 3.63) is 59.7 Å². The van der Waals surface area contributed by atoms with Gasteiger partial charge in [-0.2, -0.15) is 0 Å². The number of hydrogen-bond acceptors (Lipinski definition) is 2. The normalized spacial score (nSPS) is 12.4. The van der Waals surface area contributed by atoms with Gasteiger partial charge in [-0.05, 0) is 48.1 Å². The van der Waals surface area contributed by atoms with Gasteiger partial charge in [-0.25, -0.2) is 0 Å². The van der Waals surface area contributed by atoms with E-state index in [1.807, 2.05) is 30.3 Å². The summed E-state index contributed by atoms with van der Waals surface area (Å²) in [5.41, 5.74) is 8.53. The summed E-state index contributed by atoms with van der Waals surface area (Å²) in [6.07, 6.45) is 1.81. The predicted octanol–water partition coefficient (Wildman–Crippen LogP) is 4.88. The molecule has 2 rings (SSSR count). The zero-order chi connectivity index (χ0) is 15.2. The average Bonchev–Trinajstić information content (AvgIpc) is 2.49. The highest BCUT2D eigenvalue weighted by Gasteiger charge is 2.09. The standard InChI is InChI=1S/C19H25NO/c1-4-17(20)12-16-8-5-6-11-19(16)21-18-10-7-9-15(13-18)14(2)3/h5-11,13-14,17H,4,12,20H2,1-3H3. The van der Waals surface area contributed by atoms with E-state index in [1.54, 1.807) is 0 Å². The predicted molar refractivity (Wildman–Crippen MR) is 89.0 cm³/mol. The van der Waals surface area contributed by atoms with Crippen molar-refractivity contribution in [3.63, 3.8) is 0 Å². The molecule has 2 heteroatoms. The van der Waals surface area contributed by atoms with Gasteiger partial charge in [0, 0.05) is 6.04 Å². The van der Waals surface area contributed by atoms with Crippen LogP contribution in [0.3, 0.4) is 0 Å². The first-order valence-electron chi connectivity index (χ1n) is 7.71. The molecule has 1 atom stereocenters. The minimum atomic E-state index is 0.178. The minimum absolute atomic E-state index is 0.178. The fourth-order valence-corrected chi connectivity index (χ4v) is 2.26. The second kappa shape index (κ2) is 7.28. The summed E-state index contributed by atoms with van der Waals surface area (Å²) < 4.78 is 6.09. The van der Waals surface area contributed by atoms with Crippen LogP contribution in [-0.4, -0.2) is 6.04 Å². The Morgan fingerprint density at radius 1 is 1.05 bits per heavy atom. The first kappa shape index (κ1) is 15.6. The minimum Gasteiger partial charge on any atom is -0.457 e. The quantitative estimate of drug-likeness (QED) is 0.819. The summed E-state index contributed by atoms with van der Waals surface area (Å²) in [6, 6.07) is 16.6. The van der Waals surface area contributed by atoms with Crippen LogP contribution in [0.5, 0.6) is 11.5 Å². The average molecular weight is 283 g/mol. The number of para-hydroxylation sites is 1. The number of benzene rings is 2. The third-order valence-electron chi connectivity index (χ3n) is 3.73. The zero-order valence-corrected chi connectivity index (χ0v) is 13.2. The van der Waals surface area contributed by atoms with Gasteiger partial charge in [0.1, 0.15) is 11.5 Å². The zero-order valence-electron chi connectivity index (χ0n) is 13.2. The summed E-state index contributed by atoms with van der Waals surface area (Å²) in [4.78, 5) is 0. The van der Waals surface area contributed by atoms with Gasteiger partial charge in [0.2, 0.25) is 0 Å². The second-order valence-electron chi connectivity index (χ2n) is 5.81. The van der Waals surface area contributed by atoms with Crippen molar-refractivity contribution in [2.24, 2.45) is 5.73 Å². The lowest BCUT2D eigenvalue weighted by molar-refractivity contribution is 0.471. The van der Waals surface area contributed by atoms with Crippen molar-refractivity contribution < 1.29 is 4.74 Å². The molecule has 0 saturated heterocycles. The third-order valence-corrected chi connectivity index (χ3v) is 3.73. The maximum atomic E-state index is 6.09. The van der Waals surface area contributed by atoms with E-state index in [0.29, 0.717) is 5.92 Å². The number of rotatable bonds is 6. The monoisotopic (exact) mass is 283 g/mol. The lowest BCUT2D eigenvalue weighted by atomic mass is 10.0. The maximum absolute atomic E-state index is 6.09. The second-order valence-corrected chi connectivity index (χ2v) is 5.81. The molecule has 0 spiro atoms. The van der Waals surface area contributed by atoms with Gasteiger partial charge < -0.3 is 10.5 Å². The van der Waals surface area contributed by atoms with Crippen LogP contribution in [0, 0.1) is 0 Å². The smallest absolute Gasteiger partial charge is 0.130 e. The van der Waals surface area contributed by atoms with Gasteiger partial charge >= 0.3 is 0 Å². The summed E-state index contributed by atoms with van der Waals surface area (Å²) in [5.74, 6) is 2.29. The lowest BCUT2D eigenvalue weighted by Crippen LogP contribution is -2.21. The van der Waals surface area contributed by atoms with Crippen LogP contribution >= 0.6 is 0 Å². The summed E-state index contributed by atoms with van der Waals surface area (Å²) in [7, 11) is 0. The van der Waals surface area contributed by atoms with Crippen molar-refractivity contribution in [3.8, 4) is 11.5 Å². The molecule has 112 valence electrons. The molecule has 0 heterocycles. The molecule has 0 bridgehead atoms. The van der Waals surface area contributed by atoms with Crippen LogP contribution in [-0.2, 0) is 6.42 Å². The molecule has 21 heavy (non-hydrogen) atoms. The topological polar surface area (TPSA) is 35.2 Å². The molecule has 0 fully saturated rings. The molecular formula is C19H25NO. The van der Waals surface area contributed by atoms with Crippen LogP contribution < -0.4 is 10.5 Å². The van der Waals surface area contributed by atoms with Crippen molar-refractivity contribution in [2.75, 3.05) is 0 Å². The molecule has 0 saturated carbocycles. The van der Waals surface area contributed by atoms with Crippen molar-refractivity contribution >= 4 is 0 Å².